The summed E-state index contributed by atoms with van der Waals surface area (Å²) in [5.41, 5.74) is 0. The van der Waals surface area contributed by atoms with Crippen molar-refractivity contribution < 1.29 is 9.72 Å². The maximum absolute atomic E-state index is 10.2. The summed E-state index contributed by atoms with van der Waals surface area (Å²) in [6, 6.07) is -0.815. The van der Waals surface area contributed by atoms with Crippen LogP contribution in [-0.2, 0) is 4.79 Å². The Morgan fingerprint density at radius 3 is 2.40 bits per heavy atom. The van der Waals surface area contributed by atoms with E-state index in [-0.39, 0.29) is 6.42 Å². The quantitative estimate of drug-likeness (QED) is 0.357. The van der Waals surface area contributed by atoms with Gasteiger partial charge in [-0.3, -0.25) is 14.9 Å². The molecule has 0 saturated heterocycles. The van der Waals surface area contributed by atoms with E-state index in [9.17, 15) is 14.9 Å². The molecule has 0 aliphatic rings. The fraction of sp³-hybridized carbons (Fsp3) is 0.800. The van der Waals surface area contributed by atoms with Crippen molar-refractivity contribution in [2.45, 2.75) is 25.8 Å². The Hall–Kier alpha value is -0.640. The van der Waals surface area contributed by atoms with Gasteiger partial charge in [-0.05, 0) is 11.6 Å². The van der Waals surface area contributed by atoms with Crippen molar-refractivity contribution in [3.05, 3.63) is 10.1 Å². The molecule has 0 N–H and O–H groups in total. The van der Waals surface area contributed by atoms with Crippen LogP contribution in [0.5, 0.6) is 0 Å². The lowest BCUT2D eigenvalue weighted by atomic mass is 10.2. The molecular weight excluding hydrogens is 158 g/mol. The van der Waals surface area contributed by atoms with Gasteiger partial charge >= 0.3 is 0 Å². The molecule has 0 aliphatic heterocycles. The molecule has 4 nitrogen and oxygen atoms in total. The first-order valence-electron chi connectivity index (χ1n) is 2.89. The van der Waals surface area contributed by atoms with Crippen LogP contribution in [0, 0.1) is 10.1 Å². The third kappa shape index (κ3) is 3.40. The van der Waals surface area contributed by atoms with Gasteiger partial charge in [-0.15, -0.1) is 0 Å². The summed E-state index contributed by atoms with van der Waals surface area (Å²) in [4.78, 5) is 19.8. The van der Waals surface area contributed by atoms with Crippen molar-refractivity contribution in [2.24, 2.45) is 0 Å². The molecule has 0 amide bonds. The lowest BCUT2D eigenvalue weighted by Crippen LogP contribution is -2.20. The summed E-state index contributed by atoms with van der Waals surface area (Å²) >= 11 is 4.95. The van der Waals surface area contributed by atoms with Crippen molar-refractivity contribution in [1.82, 2.24) is 0 Å². The monoisotopic (exact) mass is 165 g/mol. The van der Waals surface area contributed by atoms with Gasteiger partial charge in [-0.1, -0.05) is 6.92 Å². The van der Waals surface area contributed by atoms with Gasteiger partial charge in [0, 0.05) is 11.3 Å². The normalized spacial score (nSPS) is 12.6. The van der Waals surface area contributed by atoms with Crippen LogP contribution in [0.15, 0.2) is 0 Å². The van der Waals surface area contributed by atoms with E-state index in [0.29, 0.717) is 6.42 Å². The first-order chi connectivity index (χ1) is 4.57. The van der Waals surface area contributed by atoms with E-state index >= 15 is 0 Å². The molecule has 5 heteroatoms. The molecule has 0 heterocycles. The Morgan fingerprint density at radius 2 is 2.30 bits per heavy atom. The molecule has 0 saturated carbocycles. The zero-order chi connectivity index (χ0) is 8.15. The third-order valence-corrected chi connectivity index (χ3v) is 1.32. The second-order valence-electron chi connectivity index (χ2n) is 1.91. The lowest BCUT2D eigenvalue weighted by molar-refractivity contribution is -0.521. The number of carbonyl (C=O) groups is 1. The number of halogens is 1. The zero-order valence-corrected chi connectivity index (χ0v) is 6.30. The van der Waals surface area contributed by atoms with E-state index in [1.54, 1.807) is 6.92 Å². The Morgan fingerprint density at radius 1 is 1.80 bits per heavy atom. The van der Waals surface area contributed by atoms with E-state index in [2.05, 4.69) is 0 Å². The van der Waals surface area contributed by atoms with Gasteiger partial charge in [0.15, 0.2) is 0 Å². The molecule has 0 spiro atoms. The molecule has 58 valence electrons. The second-order valence-corrected chi connectivity index (χ2v) is 2.33. The smallest absolute Gasteiger partial charge is 0.228 e. The van der Waals surface area contributed by atoms with Crippen LogP contribution in [0.3, 0.4) is 0 Å². The summed E-state index contributed by atoms with van der Waals surface area (Å²) in [6.45, 7) is 1.65. The SMILES string of the molecule is CCC(CC(=O)Cl)[N+](=O)[O-]. The van der Waals surface area contributed by atoms with Crippen LogP contribution >= 0.6 is 11.6 Å². The van der Waals surface area contributed by atoms with Gasteiger partial charge in [0.2, 0.25) is 11.3 Å². The minimum atomic E-state index is -0.815. The molecule has 0 fully saturated rings. The molecule has 1 atom stereocenters. The molecular formula is C5H8ClNO3. The largest absolute Gasteiger partial charge is 0.281 e. The molecule has 10 heavy (non-hydrogen) atoms. The number of nitrogens with zero attached hydrogens (tertiary/aromatic N) is 1. The van der Waals surface area contributed by atoms with Gasteiger partial charge in [-0.25, -0.2) is 0 Å². The first kappa shape index (κ1) is 9.36. The predicted molar refractivity (Wildman–Crippen MR) is 36.6 cm³/mol. The molecule has 0 rings (SSSR count). The number of carbonyl (C=O) groups excluding carboxylic acids is 1. The van der Waals surface area contributed by atoms with Crippen LogP contribution in [0.4, 0.5) is 0 Å². The summed E-state index contributed by atoms with van der Waals surface area (Å²) in [7, 11) is 0. The van der Waals surface area contributed by atoms with Gasteiger partial charge in [-0.2, -0.15) is 0 Å². The number of hydrogen-bond acceptors (Lipinski definition) is 3. The van der Waals surface area contributed by atoms with E-state index < -0.39 is 16.2 Å². The van der Waals surface area contributed by atoms with E-state index in [1.165, 1.54) is 0 Å². The molecule has 0 aromatic heterocycles. The van der Waals surface area contributed by atoms with Crippen LogP contribution in [-0.4, -0.2) is 16.2 Å². The van der Waals surface area contributed by atoms with Crippen LogP contribution in [0.1, 0.15) is 19.8 Å². The van der Waals surface area contributed by atoms with Crippen LogP contribution in [0.2, 0.25) is 0 Å². The number of hydrogen-bond donors (Lipinski definition) is 0. The van der Waals surface area contributed by atoms with Crippen molar-refractivity contribution >= 4 is 16.8 Å². The van der Waals surface area contributed by atoms with Gasteiger partial charge < -0.3 is 0 Å². The predicted octanol–water partition coefficient (Wildman–Crippen LogP) is 1.20. The summed E-state index contributed by atoms with van der Waals surface area (Å²) in [5, 5.41) is 9.41. The van der Waals surface area contributed by atoms with Gasteiger partial charge in [0.25, 0.3) is 0 Å². The summed E-state index contributed by atoms with van der Waals surface area (Å²) in [6.07, 6.45) is 0.163. The fourth-order valence-corrected chi connectivity index (χ4v) is 0.731. The molecule has 0 radical (unpaired) electrons. The average molecular weight is 166 g/mol. The fourth-order valence-electron chi connectivity index (χ4n) is 0.553. The standard InChI is InChI=1S/C5H8ClNO3/c1-2-4(7(9)10)3-5(6)8/h4H,2-3H2,1H3. The van der Waals surface area contributed by atoms with Crippen molar-refractivity contribution in [2.75, 3.05) is 0 Å². The van der Waals surface area contributed by atoms with Crippen LogP contribution < -0.4 is 0 Å². The van der Waals surface area contributed by atoms with Gasteiger partial charge in [0.1, 0.15) is 0 Å². The number of rotatable bonds is 4. The Kier molecular flexibility index (Phi) is 3.95. The highest BCUT2D eigenvalue weighted by Crippen LogP contribution is 2.04. The van der Waals surface area contributed by atoms with E-state index in [1.807, 2.05) is 0 Å². The second kappa shape index (κ2) is 4.22. The Bertz CT molecular complexity index is 148. The molecule has 0 aliphatic carbocycles. The maximum atomic E-state index is 10.2. The Balaban J connectivity index is 3.83. The van der Waals surface area contributed by atoms with Crippen molar-refractivity contribution in [3.8, 4) is 0 Å². The minimum absolute atomic E-state index is 0.176. The number of nitro groups is 1. The van der Waals surface area contributed by atoms with E-state index in [4.69, 9.17) is 11.6 Å². The molecule has 1 unspecified atom stereocenters. The van der Waals surface area contributed by atoms with Crippen LogP contribution in [0.25, 0.3) is 0 Å². The van der Waals surface area contributed by atoms with Crippen molar-refractivity contribution in [1.29, 1.82) is 0 Å². The topological polar surface area (TPSA) is 60.2 Å². The van der Waals surface area contributed by atoms with Gasteiger partial charge in [0.05, 0.1) is 6.42 Å². The zero-order valence-electron chi connectivity index (χ0n) is 5.54. The Labute approximate surface area is 63.3 Å². The summed E-state index contributed by atoms with van der Waals surface area (Å²) < 4.78 is 0. The maximum Gasteiger partial charge on any atom is 0.228 e. The summed E-state index contributed by atoms with van der Waals surface area (Å²) in [5.74, 6) is 0. The highest BCUT2D eigenvalue weighted by molar-refractivity contribution is 6.63. The minimum Gasteiger partial charge on any atom is -0.281 e. The highest BCUT2D eigenvalue weighted by Gasteiger charge is 2.19. The lowest BCUT2D eigenvalue weighted by Gasteiger charge is -2.01. The van der Waals surface area contributed by atoms with Crippen molar-refractivity contribution in [3.63, 3.8) is 0 Å². The molecule has 0 aromatic rings. The average Bonchev–Trinajstić information content (AvgIpc) is 1.81. The third-order valence-electron chi connectivity index (χ3n) is 1.17. The molecule has 0 aromatic carbocycles. The van der Waals surface area contributed by atoms with E-state index in [0.717, 1.165) is 0 Å². The highest BCUT2D eigenvalue weighted by atomic mass is 35.5. The first-order valence-corrected chi connectivity index (χ1v) is 3.27. The molecule has 0 bridgehead atoms.